The van der Waals surface area contributed by atoms with Crippen LogP contribution in [0.2, 0.25) is 0 Å². The van der Waals surface area contributed by atoms with Crippen LogP contribution < -0.4 is 4.74 Å². The van der Waals surface area contributed by atoms with E-state index in [1.807, 2.05) is 19.1 Å². The Labute approximate surface area is 80.7 Å². The Bertz CT molecular complexity index is 271. The van der Waals surface area contributed by atoms with Crippen molar-refractivity contribution in [1.29, 1.82) is 0 Å². The lowest BCUT2D eigenvalue weighted by molar-refractivity contribution is 0.339. The van der Waals surface area contributed by atoms with Gasteiger partial charge in [0.2, 0.25) is 0 Å². The maximum Gasteiger partial charge on any atom is 0.120 e. The van der Waals surface area contributed by atoms with E-state index in [1.54, 1.807) is 0 Å². The summed E-state index contributed by atoms with van der Waals surface area (Å²) in [5.74, 6) is 0.912. The lowest BCUT2D eigenvalue weighted by Gasteiger charge is -2.19. The number of hydrogen-bond donors (Lipinski definition) is 0. The molecule has 0 aliphatic carbocycles. The molecule has 0 unspecified atom stereocenters. The van der Waals surface area contributed by atoms with Crippen molar-refractivity contribution in [2.75, 3.05) is 6.61 Å². The van der Waals surface area contributed by atoms with Crippen molar-refractivity contribution in [1.82, 2.24) is 0 Å². The quantitative estimate of drug-likeness (QED) is 0.674. The molecule has 1 radical (unpaired) electrons. The van der Waals surface area contributed by atoms with E-state index in [0.29, 0.717) is 6.61 Å². The highest BCUT2D eigenvalue weighted by Crippen LogP contribution is 2.25. The zero-order valence-electron chi connectivity index (χ0n) is 8.85. The maximum absolute atomic E-state index is 5.41. The van der Waals surface area contributed by atoms with Crippen molar-refractivity contribution in [2.24, 2.45) is 0 Å². The van der Waals surface area contributed by atoms with Gasteiger partial charge in [-0.1, -0.05) is 26.8 Å². The average Bonchev–Trinajstić information content (AvgIpc) is 2.04. The number of hydrogen-bond acceptors (Lipinski definition) is 1. The smallest absolute Gasteiger partial charge is 0.120 e. The first-order chi connectivity index (χ1) is 6.04. The average molecular weight is 177 g/mol. The number of ether oxygens (including phenoxy) is 1. The normalized spacial score (nSPS) is 11.4. The maximum atomic E-state index is 5.41. The van der Waals surface area contributed by atoms with Crippen LogP contribution in [0.1, 0.15) is 33.3 Å². The molecule has 0 spiro atoms. The van der Waals surface area contributed by atoms with E-state index in [4.69, 9.17) is 4.74 Å². The van der Waals surface area contributed by atoms with Gasteiger partial charge in [-0.3, -0.25) is 0 Å². The predicted molar refractivity (Wildman–Crippen MR) is 55.1 cm³/mol. The minimum Gasteiger partial charge on any atom is -0.494 e. The molecule has 1 aromatic rings. The number of rotatable bonds is 2. The Hall–Kier alpha value is -0.980. The van der Waals surface area contributed by atoms with Gasteiger partial charge in [0.05, 0.1) is 6.61 Å². The fourth-order valence-electron chi connectivity index (χ4n) is 1.13. The molecule has 1 rings (SSSR count). The Morgan fingerprint density at radius 3 is 2.54 bits per heavy atom. The van der Waals surface area contributed by atoms with Gasteiger partial charge in [-0.25, -0.2) is 0 Å². The van der Waals surface area contributed by atoms with Gasteiger partial charge in [-0.05, 0) is 36.1 Å². The zero-order chi connectivity index (χ0) is 9.90. The highest BCUT2D eigenvalue weighted by Gasteiger charge is 2.13. The van der Waals surface area contributed by atoms with E-state index in [2.05, 4.69) is 32.9 Å². The lowest BCUT2D eigenvalue weighted by Crippen LogP contribution is -2.10. The van der Waals surface area contributed by atoms with Crippen LogP contribution in [0.15, 0.2) is 18.2 Å². The molecule has 0 aromatic heterocycles. The van der Waals surface area contributed by atoms with Gasteiger partial charge >= 0.3 is 0 Å². The van der Waals surface area contributed by atoms with Gasteiger partial charge in [0, 0.05) is 0 Å². The minimum absolute atomic E-state index is 0.170. The van der Waals surface area contributed by atoms with Crippen LogP contribution in [0.5, 0.6) is 5.75 Å². The fourth-order valence-corrected chi connectivity index (χ4v) is 1.13. The summed E-state index contributed by atoms with van der Waals surface area (Å²) in [6.07, 6.45) is 0. The Morgan fingerprint density at radius 2 is 2.00 bits per heavy atom. The molecule has 1 nitrogen and oxygen atoms in total. The van der Waals surface area contributed by atoms with Crippen LogP contribution in [-0.2, 0) is 5.41 Å². The van der Waals surface area contributed by atoms with Gasteiger partial charge in [0.15, 0.2) is 0 Å². The van der Waals surface area contributed by atoms with Crippen LogP contribution in [0.25, 0.3) is 0 Å². The summed E-state index contributed by atoms with van der Waals surface area (Å²) >= 11 is 0. The van der Waals surface area contributed by atoms with E-state index in [0.717, 1.165) is 5.75 Å². The van der Waals surface area contributed by atoms with Crippen LogP contribution in [0.3, 0.4) is 0 Å². The second-order valence-corrected chi connectivity index (χ2v) is 4.14. The third-order valence-corrected chi connectivity index (χ3v) is 1.94. The van der Waals surface area contributed by atoms with Crippen molar-refractivity contribution < 1.29 is 4.74 Å². The molecule has 71 valence electrons. The van der Waals surface area contributed by atoms with Gasteiger partial charge in [0.25, 0.3) is 0 Å². The van der Waals surface area contributed by atoms with E-state index in [-0.39, 0.29) is 5.41 Å². The van der Waals surface area contributed by atoms with Crippen LogP contribution >= 0.6 is 0 Å². The summed E-state index contributed by atoms with van der Waals surface area (Å²) in [6.45, 7) is 9.26. The summed E-state index contributed by atoms with van der Waals surface area (Å²) in [5, 5.41) is 0. The first kappa shape index (κ1) is 10.1. The molecule has 0 atom stereocenters. The molecule has 0 saturated carbocycles. The molecular formula is C12H17O. The molecule has 0 aliphatic heterocycles. The second-order valence-electron chi connectivity index (χ2n) is 4.14. The Morgan fingerprint density at radius 1 is 1.31 bits per heavy atom. The molecule has 0 bridgehead atoms. The van der Waals surface area contributed by atoms with Crippen molar-refractivity contribution in [2.45, 2.75) is 33.1 Å². The van der Waals surface area contributed by atoms with Crippen LogP contribution in [0, 0.1) is 6.07 Å². The standard InChI is InChI=1S/C12H17O/c1-5-13-11-8-6-7-10(9-11)12(2,3)4/h7-9H,5H2,1-4H3. The Balaban J connectivity index is 2.92. The molecule has 0 heterocycles. The van der Waals surface area contributed by atoms with Gasteiger partial charge < -0.3 is 4.74 Å². The molecular weight excluding hydrogens is 160 g/mol. The first-order valence-corrected chi connectivity index (χ1v) is 4.68. The molecule has 0 fully saturated rings. The first-order valence-electron chi connectivity index (χ1n) is 4.68. The second kappa shape index (κ2) is 3.82. The molecule has 0 N–H and O–H groups in total. The van der Waals surface area contributed by atoms with Gasteiger partial charge in [0.1, 0.15) is 5.75 Å². The zero-order valence-corrected chi connectivity index (χ0v) is 8.85. The van der Waals surface area contributed by atoms with Crippen molar-refractivity contribution in [3.63, 3.8) is 0 Å². The van der Waals surface area contributed by atoms with E-state index in [9.17, 15) is 0 Å². The third-order valence-electron chi connectivity index (χ3n) is 1.94. The number of benzene rings is 1. The molecule has 1 aromatic carbocycles. The highest BCUT2D eigenvalue weighted by molar-refractivity contribution is 5.31. The SMILES string of the molecule is CCOc1c[c]cc(C(C)(C)C)c1. The van der Waals surface area contributed by atoms with Crippen molar-refractivity contribution in [3.05, 3.63) is 29.8 Å². The summed E-state index contributed by atoms with van der Waals surface area (Å²) < 4.78 is 5.41. The van der Waals surface area contributed by atoms with E-state index in [1.165, 1.54) is 5.56 Å². The van der Waals surface area contributed by atoms with E-state index < -0.39 is 0 Å². The van der Waals surface area contributed by atoms with Gasteiger partial charge in [-0.2, -0.15) is 0 Å². The topological polar surface area (TPSA) is 9.23 Å². The lowest BCUT2D eigenvalue weighted by atomic mass is 9.87. The monoisotopic (exact) mass is 177 g/mol. The fraction of sp³-hybridized carbons (Fsp3) is 0.500. The minimum atomic E-state index is 0.170. The van der Waals surface area contributed by atoms with Gasteiger partial charge in [-0.15, -0.1) is 0 Å². The third kappa shape index (κ3) is 2.76. The van der Waals surface area contributed by atoms with Crippen LogP contribution in [0.4, 0.5) is 0 Å². The largest absolute Gasteiger partial charge is 0.494 e. The summed E-state index contributed by atoms with van der Waals surface area (Å²) in [6, 6.07) is 9.07. The van der Waals surface area contributed by atoms with Crippen LogP contribution in [-0.4, -0.2) is 6.61 Å². The molecule has 13 heavy (non-hydrogen) atoms. The summed E-state index contributed by atoms with van der Waals surface area (Å²) in [4.78, 5) is 0. The summed E-state index contributed by atoms with van der Waals surface area (Å²) in [5.41, 5.74) is 1.43. The Kier molecular flexibility index (Phi) is 2.97. The molecule has 0 amide bonds. The molecule has 1 heteroatoms. The predicted octanol–water partition coefficient (Wildman–Crippen LogP) is 3.18. The summed E-state index contributed by atoms with van der Waals surface area (Å²) in [7, 11) is 0. The van der Waals surface area contributed by atoms with Crippen molar-refractivity contribution in [3.8, 4) is 5.75 Å². The van der Waals surface area contributed by atoms with Crippen molar-refractivity contribution >= 4 is 0 Å². The molecule has 0 saturated heterocycles. The highest BCUT2D eigenvalue weighted by atomic mass is 16.5. The molecule has 0 aliphatic rings. The van der Waals surface area contributed by atoms with E-state index >= 15 is 0 Å².